The molecular weight excluding hydrogens is 402 g/mol. The molecule has 1 fully saturated rings. The summed E-state index contributed by atoms with van der Waals surface area (Å²) < 4.78 is 5.37. The van der Waals surface area contributed by atoms with Crippen LogP contribution in [0, 0.1) is 0 Å². The van der Waals surface area contributed by atoms with E-state index in [2.05, 4.69) is 5.32 Å². The monoisotopic (exact) mass is 427 g/mol. The van der Waals surface area contributed by atoms with Gasteiger partial charge in [-0.15, -0.1) is 11.3 Å². The van der Waals surface area contributed by atoms with Crippen molar-refractivity contribution < 1.29 is 19.1 Å². The van der Waals surface area contributed by atoms with Crippen molar-refractivity contribution in [3.8, 4) is 0 Å². The number of carbonyl (C=O) groups is 3. The van der Waals surface area contributed by atoms with Gasteiger partial charge in [0, 0.05) is 30.6 Å². The zero-order valence-electron chi connectivity index (χ0n) is 16.9. The van der Waals surface area contributed by atoms with E-state index in [4.69, 9.17) is 4.74 Å². The van der Waals surface area contributed by atoms with Crippen molar-refractivity contribution in [2.75, 3.05) is 31.1 Å². The van der Waals surface area contributed by atoms with Crippen molar-refractivity contribution in [3.63, 3.8) is 0 Å². The molecule has 0 aliphatic carbocycles. The fraction of sp³-hybridized carbons (Fsp3) is 0.409. The van der Waals surface area contributed by atoms with Crippen LogP contribution in [0.3, 0.4) is 0 Å². The molecule has 0 bridgehead atoms. The standard InChI is InChI=1S/C22H25N3O4S/c1-15(26)23-13-19-14-25(22(28)29-19)18-5-4-16-6-8-24(9-7-17(16)11-18)21(27)12-20-3-2-10-30-20/h2-5,10-11,19H,6-9,12-14H2,1H3,(H,23,26)/t19-/m0/s1. The zero-order chi connectivity index (χ0) is 21.1. The van der Waals surface area contributed by atoms with Crippen LogP contribution in [0.15, 0.2) is 35.7 Å². The number of ether oxygens (including phenoxy) is 1. The second kappa shape index (κ2) is 8.87. The summed E-state index contributed by atoms with van der Waals surface area (Å²) in [6, 6.07) is 9.98. The Balaban J connectivity index is 1.40. The van der Waals surface area contributed by atoms with Crippen LogP contribution in [-0.2, 0) is 33.6 Å². The number of hydrogen-bond donors (Lipinski definition) is 1. The molecule has 1 atom stereocenters. The third kappa shape index (κ3) is 4.64. The van der Waals surface area contributed by atoms with E-state index < -0.39 is 6.09 Å². The largest absolute Gasteiger partial charge is 0.442 e. The maximum Gasteiger partial charge on any atom is 0.414 e. The van der Waals surface area contributed by atoms with Crippen molar-refractivity contribution in [2.24, 2.45) is 0 Å². The average molecular weight is 428 g/mol. The number of thiophene rings is 1. The summed E-state index contributed by atoms with van der Waals surface area (Å²) in [7, 11) is 0. The van der Waals surface area contributed by atoms with Gasteiger partial charge in [0.2, 0.25) is 11.8 Å². The number of nitrogens with one attached hydrogen (secondary N) is 1. The van der Waals surface area contributed by atoms with Gasteiger partial charge in [-0.05, 0) is 47.5 Å². The molecule has 30 heavy (non-hydrogen) atoms. The molecule has 2 aromatic rings. The van der Waals surface area contributed by atoms with E-state index in [0.717, 1.165) is 29.0 Å². The second-order valence-corrected chi connectivity index (χ2v) is 8.68. The summed E-state index contributed by atoms with van der Waals surface area (Å²) in [5, 5.41) is 4.68. The predicted octanol–water partition coefficient (Wildman–Crippen LogP) is 2.38. The van der Waals surface area contributed by atoms with Crippen LogP contribution in [0.4, 0.5) is 10.5 Å². The van der Waals surface area contributed by atoms with Crippen molar-refractivity contribution in [1.82, 2.24) is 10.2 Å². The average Bonchev–Trinajstić information content (AvgIpc) is 3.30. The molecular formula is C22H25N3O4S. The van der Waals surface area contributed by atoms with Crippen LogP contribution < -0.4 is 10.2 Å². The van der Waals surface area contributed by atoms with Gasteiger partial charge in [0.1, 0.15) is 6.10 Å². The highest BCUT2D eigenvalue weighted by molar-refractivity contribution is 7.10. The number of benzene rings is 1. The van der Waals surface area contributed by atoms with Gasteiger partial charge in [-0.25, -0.2) is 4.79 Å². The molecule has 7 nitrogen and oxygen atoms in total. The number of cyclic esters (lactones) is 1. The summed E-state index contributed by atoms with van der Waals surface area (Å²) >= 11 is 1.61. The number of amides is 3. The fourth-order valence-corrected chi connectivity index (χ4v) is 4.59. The molecule has 0 unspecified atom stereocenters. The van der Waals surface area contributed by atoms with E-state index in [1.165, 1.54) is 12.5 Å². The minimum absolute atomic E-state index is 0.146. The molecule has 4 rings (SSSR count). The number of nitrogens with zero attached hydrogens (tertiary/aromatic N) is 2. The molecule has 1 N–H and O–H groups in total. The maximum atomic E-state index is 12.7. The highest BCUT2D eigenvalue weighted by Crippen LogP contribution is 2.27. The molecule has 158 valence electrons. The van der Waals surface area contributed by atoms with E-state index in [0.29, 0.717) is 32.6 Å². The van der Waals surface area contributed by atoms with Crippen LogP contribution in [0.2, 0.25) is 0 Å². The Morgan fingerprint density at radius 1 is 1.20 bits per heavy atom. The lowest BCUT2D eigenvalue weighted by molar-refractivity contribution is -0.130. The first kappa shape index (κ1) is 20.4. The SMILES string of the molecule is CC(=O)NC[C@H]1CN(c2ccc3c(c2)CCN(C(=O)Cc2cccs2)CC3)C(=O)O1. The summed E-state index contributed by atoms with van der Waals surface area (Å²) in [6.45, 7) is 3.54. The molecule has 0 radical (unpaired) electrons. The highest BCUT2D eigenvalue weighted by atomic mass is 32.1. The predicted molar refractivity (Wildman–Crippen MR) is 115 cm³/mol. The van der Waals surface area contributed by atoms with Crippen LogP contribution in [0.25, 0.3) is 0 Å². The summed E-state index contributed by atoms with van der Waals surface area (Å²) in [5.41, 5.74) is 3.17. The minimum atomic E-state index is -0.397. The molecule has 1 aromatic carbocycles. The first-order chi connectivity index (χ1) is 14.5. The van der Waals surface area contributed by atoms with Crippen molar-refractivity contribution >= 4 is 34.9 Å². The Morgan fingerprint density at radius 3 is 2.73 bits per heavy atom. The van der Waals surface area contributed by atoms with Crippen molar-refractivity contribution in [1.29, 1.82) is 0 Å². The Hall–Kier alpha value is -2.87. The van der Waals surface area contributed by atoms with E-state index >= 15 is 0 Å². The molecule has 2 aliphatic heterocycles. The number of carbonyl (C=O) groups excluding carboxylic acids is 3. The molecule has 8 heteroatoms. The van der Waals surface area contributed by atoms with Crippen LogP contribution in [-0.4, -0.2) is 55.1 Å². The third-order valence-electron chi connectivity index (χ3n) is 5.51. The molecule has 3 heterocycles. The van der Waals surface area contributed by atoms with E-state index in [1.54, 1.807) is 16.2 Å². The molecule has 0 saturated carbocycles. The van der Waals surface area contributed by atoms with Gasteiger partial charge in [-0.3, -0.25) is 14.5 Å². The van der Waals surface area contributed by atoms with E-state index in [-0.39, 0.29) is 17.9 Å². The minimum Gasteiger partial charge on any atom is -0.442 e. The lowest BCUT2D eigenvalue weighted by atomic mass is 10.0. The van der Waals surface area contributed by atoms with Crippen LogP contribution in [0.1, 0.15) is 22.9 Å². The Bertz CT molecular complexity index is 944. The van der Waals surface area contributed by atoms with Crippen LogP contribution in [0.5, 0.6) is 0 Å². The number of fused-ring (bicyclic) bond motifs is 1. The number of rotatable bonds is 5. The first-order valence-electron chi connectivity index (χ1n) is 10.1. The van der Waals surface area contributed by atoms with Crippen molar-refractivity contribution in [2.45, 2.75) is 32.3 Å². The van der Waals surface area contributed by atoms with E-state index in [9.17, 15) is 14.4 Å². The lowest BCUT2D eigenvalue weighted by Gasteiger charge is -2.19. The van der Waals surface area contributed by atoms with Gasteiger partial charge in [-0.2, -0.15) is 0 Å². The quantitative estimate of drug-likeness (QED) is 0.795. The molecule has 1 saturated heterocycles. The fourth-order valence-electron chi connectivity index (χ4n) is 3.90. The van der Waals surface area contributed by atoms with Crippen molar-refractivity contribution in [3.05, 3.63) is 51.7 Å². The van der Waals surface area contributed by atoms with Gasteiger partial charge in [0.05, 0.1) is 19.5 Å². The molecule has 3 amide bonds. The van der Waals surface area contributed by atoms with Gasteiger partial charge in [0.25, 0.3) is 0 Å². The topological polar surface area (TPSA) is 79.0 Å². The molecule has 2 aliphatic rings. The number of hydrogen-bond acceptors (Lipinski definition) is 5. The van der Waals surface area contributed by atoms with E-state index in [1.807, 2.05) is 40.6 Å². The third-order valence-corrected chi connectivity index (χ3v) is 6.39. The Kier molecular flexibility index (Phi) is 6.03. The normalized spacial score (nSPS) is 18.6. The first-order valence-corrected chi connectivity index (χ1v) is 11.0. The Labute approximate surface area is 179 Å². The van der Waals surface area contributed by atoms with Gasteiger partial charge in [-0.1, -0.05) is 12.1 Å². The molecule has 0 spiro atoms. The van der Waals surface area contributed by atoms with Gasteiger partial charge in [0.15, 0.2) is 0 Å². The summed E-state index contributed by atoms with van der Waals surface area (Å²) in [4.78, 5) is 40.7. The van der Waals surface area contributed by atoms with Crippen LogP contribution >= 0.6 is 11.3 Å². The second-order valence-electron chi connectivity index (χ2n) is 7.64. The zero-order valence-corrected chi connectivity index (χ0v) is 17.7. The number of anilines is 1. The molecule has 1 aromatic heterocycles. The summed E-state index contributed by atoms with van der Waals surface area (Å²) in [5.74, 6) is 0.0159. The lowest BCUT2D eigenvalue weighted by Crippen LogP contribution is -2.34. The highest BCUT2D eigenvalue weighted by Gasteiger charge is 2.32. The Morgan fingerprint density at radius 2 is 2.00 bits per heavy atom. The van der Waals surface area contributed by atoms with Gasteiger partial charge >= 0.3 is 6.09 Å². The summed E-state index contributed by atoms with van der Waals surface area (Å²) in [6.07, 6.45) is 1.27. The van der Waals surface area contributed by atoms with Gasteiger partial charge < -0.3 is 15.0 Å². The maximum absolute atomic E-state index is 12.7. The smallest absolute Gasteiger partial charge is 0.414 e.